The number of aryl methyl sites for hydroxylation is 2. The number of aromatic amines is 1. The van der Waals surface area contributed by atoms with E-state index in [0.29, 0.717) is 49.0 Å². The number of benzene rings is 2. The van der Waals surface area contributed by atoms with Crippen molar-refractivity contribution in [3.8, 4) is 22.6 Å². The van der Waals surface area contributed by atoms with Crippen LogP contribution in [0.15, 0.2) is 73.2 Å². The number of ether oxygens (including phenoxy) is 2. The van der Waals surface area contributed by atoms with E-state index in [0.717, 1.165) is 77.7 Å². The summed E-state index contributed by atoms with van der Waals surface area (Å²) in [4.78, 5) is 36.8. The van der Waals surface area contributed by atoms with Gasteiger partial charge in [0, 0.05) is 85.7 Å². The molecule has 8 rings (SSSR count). The highest BCUT2D eigenvalue weighted by atomic mass is 19.1. The number of carbonyl (C=O) groups is 2. The van der Waals surface area contributed by atoms with E-state index in [1.807, 2.05) is 66.4 Å². The highest BCUT2D eigenvalue weighted by Gasteiger charge is 2.52. The molecule has 2 fully saturated rings. The van der Waals surface area contributed by atoms with Gasteiger partial charge < -0.3 is 29.2 Å². The Labute approximate surface area is 295 Å². The first-order valence-electron chi connectivity index (χ1n) is 17.0. The Bertz CT molecular complexity index is 2060. The number of nitrogens with zero attached hydrogens (tertiary/aromatic N) is 7. The summed E-state index contributed by atoms with van der Waals surface area (Å²) in [7, 11) is 3.29. The van der Waals surface area contributed by atoms with Gasteiger partial charge in [-0.15, -0.1) is 5.10 Å². The first-order chi connectivity index (χ1) is 24.8. The van der Waals surface area contributed by atoms with Crippen LogP contribution in [0.1, 0.15) is 24.1 Å². The molecule has 3 aliphatic heterocycles. The summed E-state index contributed by atoms with van der Waals surface area (Å²) in [5.41, 5.74) is 4.75. The lowest BCUT2D eigenvalue weighted by Crippen LogP contribution is -2.72. The summed E-state index contributed by atoms with van der Waals surface area (Å²) in [5, 5.41) is 8.49. The van der Waals surface area contributed by atoms with Crippen LogP contribution in [-0.2, 0) is 16.1 Å². The number of pyridine rings is 1. The molecular weight excluding hydrogens is 651 g/mol. The highest BCUT2D eigenvalue weighted by molar-refractivity contribution is 6.00. The van der Waals surface area contributed by atoms with Crippen molar-refractivity contribution in [3.63, 3.8) is 0 Å². The summed E-state index contributed by atoms with van der Waals surface area (Å²) in [6.45, 7) is 7.04. The Morgan fingerprint density at radius 3 is 2.53 bits per heavy atom. The van der Waals surface area contributed by atoms with Gasteiger partial charge in [0.15, 0.2) is 17.4 Å². The Morgan fingerprint density at radius 2 is 1.78 bits per heavy atom. The molecule has 13 heteroatoms. The number of hydrogen-bond donors (Lipinski definition) is 1. The lowest BCUT2D eigenvalue weighted by molar-refractivity contribution is -0.131. The van der Waals surface area contributed by atoms with Crippen LogP contribution in [0.2, 0.25) is 0 Å². The molecule has 0 saturated carbocycles. The molecule has 5 aromatic rings. The first kappa shape index (κ1) is 33.8. The van der Waals surface area contributed by atoms with Crippen LogP contribution in [0.25, 0.3) is 27.6 Å². The van der Waals surface area contributed by atoms with Gasteiger partial charge in [-0.3, -0.25) is 14.3 Å². The second-order valence-electron chi connectivity index (χ2n) is 13.4. The summed E-state index contributed by atoms with van der Waals surface area (Å²) < 4.78 is 28.3. The number of para-hydroxylation sites is 1. The van der Waals surface area contributed by atoms with Crippen molar-refractivity contribution in [2.24, 2.45) is 5.41 Å². The minimum Gasteiger partial charge on any atom is -0.496 e. The molecular formula is C38H41FN8O4. The fourth-order valence-electron chi connectivity index (χ4n) is 7.37. The normalized spacial score (nSPS) is 16.2. The van der Waals surface area contributed by atoms with Crippen LogP contribution in [-0.4, -0.2) is 101 Å². The number of carbonyl (C=O) groups excluding carboxylic acids is 2. The second-order valence-corrected chi connectivity index (χ2v) is 13.4. The van der Waals surface area contributed by atoms with E-state index in [2.05, 4.69) is 25.2 Å². The van der Waals surface area contributed by atoms with E-state index in [9.17, 15) is 9.59 Å². The van der Waals surface area contributed by atoms with Crippen molar-refractivity contribution in [1.29, 1.82) is 0 Å². The van der Waals surface area contributed by atoms with Gasteiger partial charge in [0.25, 0.3) is 0 Å². The van der Waals surface area contributed by atoms with Crippen LogP contribution in [0.4, 0.5) is 10.2 Å². The number of fused-ring (bicyclic) bond motifs is 1. The Balaban J connectivity index is 0.000000199. The van der Waals surface area contributed by atoms with Crippen LogP contribution < -0.4 is 14.4 Å². The predicted octanol–water partition coefficient (Wildman–Crippen LogP) is 4.96. The van der Waals surface area contributed by atoms with Crippen LogP contribution in [0, 0.1) is 18.2 Å². The molecule has 2 amide bonds. The van der Waals surface area contributed by atoms with Crippen molar-refractivity contribution < 1.29 is 23.5 Å². The largest absolute Gasteiger partial charge is 0.496 e. The van der Waals surface area contributed by atoms with Gasteiger partial charge in [-0.05, 0) is 54.8 Å². The van der Waals surface area contributed by atoms with Gasteiger partial charge in [0.2, 0.25) is 12.3 Å². The molecule has 51 heavy (non-hydrogen) atoms. The Morgan fingerprint density at radius 1 is 1.00 bits per heavy atom. The fourth-order valence-corrected chi connectivity index (χ4v) is 7.37. The molecule has 1 N–H and O–H groups in total. The van der Waals surface area contributed by atoms with E-state index in [-0.39, 0.29) is 11.7 Å². The topological polar surface area (TPSA) is 122 Å². The molecule has 1 spiro atoms. The lowest BCUT2D eigenvalue weighted by atomic mass is 9.73. The molecule has 3 aromatic heterocycles. The van der Waals surface area contributed by atoms with E-state index >= 15 is 4.39 Å². The number of rotatable bonds is 9. The number of methoxy groups -OCH3 is 2. The molecule has 0 aliphatic carbocycles. The van der Waals surface area contributed by atoms with Crippen molar-refractivity contribution >= 4 is 34.6 Å². The van der Waals surface area contributed by atoms with Crippen molar-refractivity contribution in [1.82, 2.24) is 34.8 Å². The zero-order valence-electron chi connectivity index (χ0n) is 29.0. The number of aromatic nitrogens is 5. The minimum atomic E-state index is -0.301. The predicted molar refractivity (Wildman–Crippen MR) is 192 cm³/mol. The smallest absolute Gasteiger partial charge is 0.224 e. The second kappa shape index (κ2) is 14.3. The zero-order valence-corrected chi connectivity index (χ0v) is 29.0. The quantitative estimate of drug-likeness (QED) is 0.216. The molecule has 0 bridgehead atoms. The van der Waals surface area contributed by atoms with E-state index < -0.39 is 0 Å². The number of likely N-dealkylation sites (tertiary alicyclic amines) is 1. The Kier molecular flexibility index (Phi) is 9.44. The zero-order chi connectivity index (χ0) is 35.5. The molecule has 264 valence electrons. The van der Waals surface area contributed by atoms with Crippen LogP contribution in [0.3, 0.4) is 0 Å². The average molecular weight is 693 g/mol. The maximum Gasteiger partial charge on any atom is 0.224 e. The van der Waals surface area contributed by atoms with Gasteiger partial charge in [0.1, 0.15) is 5.75 Å². The Hall–Kier alpha value is -5.72. The van der Waals surface area contributed by atoms with E-state index in [1.165, 1.54) is 0 Å². The minimum absolute atomic E-state index is 0.0169. The van der Waals surface area contributed by atoms with Gasteiger partial charge in [-0.2, -0.15) is 0 Å². The molecule has 12 nitrogen and oxygen atoms in total. The van der Waals surface area contributed by atoms with Crippen molar-refractivity contribution in [3.05, 3.63) is 90.3 Å². The number of nitrogens with one attached hydrogen (secondary N) is 1. The van der Waals surface area contributed by atoms with Gasteiger partial charge in [-0.25, -0.2) is 9.37 Å². The molecule has 2 aromatic carbocycles. The molecule has 6 heterocycles. The van der Waals surface area contributed by atoms with Crippen molar-refractivity contribution in [2.45, 2.75) is 26.3 Å². The molecule has 0 atom stereocenters. The highest BCUT2D eigenvalue weighted by Crippen LogP contribution is 2.43. The van der Waals surface area contributed by atoms with Gasteiger partial charge in [0.05, 0.1) is 32.5 Å². The molecule has 2 saturated heterocycles. The average Bonchev–Trinajstić information content (AvgIpc) is 3.80. The fraction of sp³-hybridized carbons (Fsp3) is 0.342. The maximum atomic E-state index is 15.8. The molecule has 3 aliphatic rings. The van der Waals surface area contributed by atoms with Crippen LogP contribution >= 0.6 is 0 Å². The number of anilines is 1. The number of halogens is 1. The monoisotopic (exact) mass is 692 g/mol. The molecule has 0 radical (unpaired) electrons. The summed E-state index contributed by atoms with van der Waals surface area (Å²) in [6.07, 6.45) is 9.06. The number of H-pyrrole nitrogens is 1. The number of amides is 2. The first-order valence-corrected chi connectivity index (χ1v) is 17.0. The lowest BCUT2D eigenvalue weighted by Gasteiger charge is -2.59. The van der Waals surface area contributed by atoms with E-state index in [1.54, 1.807) is 42.4 Å². The third-order valence-corrected chi connectivity index (χ3v) is 9.81. The third-order valence-electron chi connectivity index (χ3n) is 9.81. The standard InChI is InChI=1S/C26H26FN5O2.C12H15N3O2/c1-17-14-22-21(19-7-3-4-8-23(19)34-2)15-20(25(27)26(22)29-17)18-6-5-11-31(16-18)24(33)9-12-32-13-10-28-30-32;1-17-10-3-2-4-13-11(10)15-7-12(8-15)5-14(6-12)9-16/h3-4,6-8,10,13-15,29H,5,9,11-12,16H2,1-2H3;2-4,9H,5-8H2,1H3. The third kappa shape index (κ3) is 6.75. The molecule has 0 unspecified atom stereocenters. The van der Waals surface area contributed by atoms with Gasteiger partial charge in [-0.1, -0.05) is 29.5 Å². The SMILES string of the molecule is COc1ccccc1-c1cc(C2=CCCN(C(=O)CCn3ccnn3)C2)c(F)c2[nH]c(C)cc12.COc1cccnc1N1CC2(CN(C=O)C2)C1. The summed E-state index contributed by atoms with van der Waals surface area (Å²) in [6, 6.07) is 15.4. The summed E-state index contributed by atoms with van der Waals surface area (Å²) in [5.74, 6) is 2.16. The summed E-state index contributed by atoms with van der Waals surface area (Å²) >= 11 is 0. The van der Waals surface area contributed by atoms with E-state index in [4.69, 9.17) is 9.47 Å². The van der Waals surface area contributed by atoms with Crippen molar-refractivity contribution in [2.75, 3.05) is 58.4 Å². The van der Waals surface area contributed by atoms with Gasteiger partial charge >= 0.3 is 0 Å². The maximum absolute atomic E-state index is 15.8. The van der Waals surface area contributed by atoms with Crippen LogP contribution in [0.5, 0.6) is 11.5 Å². The number of hydrogen-bond acceptors (Lipinski definition) is 8.